The van der Waals surface area contributed by atoms with Crippen LogP contribution in [0.2, 0.25) is 0 Å². The molecular formula is C15H10Br2Cl3O10S3-. The number of carboxylic acids is 1. The summed E-state index contributed by atoms with van der Waals surface area (Å²) in [6.07, 6.45) is 0. The SMILES string of the molecule is COC(=O)c1ccc(Br)c(S(=O)(=O)Cl)c1.O=C(O)c1ccc(Br)c(S(=O)(=O)Cl)c1.O=S([O-])Cl. The average molecular weight is 713 g/mol. The minimum Gasteiger partial charge on any atom is -0.760 e. The summed E-state index contributed by atoms with van der Waals surface area (Å²) >= 11 is 5.98. The van der Waals surface area contributed by atoms with E-state index in [-0.39, 0.29) is 25.4 Å². The summed E-state index contributed by atoms with van der Waals surface area (Å²) < 4.78 is 66.7. The van der Waals surface area contributed by atoms with E-state index in [0.717, 1.165) is 12.1 Å². The standard InChI is InChI=1S/C8H6BrClO4S.C7H4BrClO4S.ClHO2S/c1-14-8(11)5-2-3-6(9)7(4-5)15(10,12)13;8-5-2-1-4(7(10)11)3-6(5)14(9,12)13;1-4(2)3/h2-4H,1H3;1-3H,(H,10,11);(H,2,3)/p-1. The van der Waals surface area contributed by atoms with Crippen LogP contribution in [0.5, 0.6) is 0 Å². The van der Waals surface area contributed by atoms with E-state index < -0.39 is 40.3 Å². The van der Waals surface area contributed by atoms with E-state index in [2.05, 4.69) is 47.3 Å². The molecule has 18 heteroatoms. The van der Waals surface area contributed by atoms with Gasteiger partial charge in [-0.25, -0.2) is 26.4 Å². The van der Waals surface area contributed by atoms with Gasteiger partial charge in [0.2, 0.25) is 0 Å². The zero-order chi connectivity index (χ0) is 26.1. The molecule has 2 aromatic rings. The summed E-state index contributed by atoms with van der Waals surface area (Å²) in [6, 6.07) is 7.59. The Morgan fingerprint density at radius 2 is 1.27 bits per heavy atom. The molecule has 184 valence electrons. The van der Waals surface area contributed by atoms with Crippen LogP contribution in [0.3, 0.4) is 0 Å². The van der Waals surface area contributed by atoms with Crippen molar-refractivity contribution in [3.05, 3.63) is 56.5 Å². The second kappa shape index (κ2) is 13.9. The molecule has 0 aliphatic heterocycles. The van der Waals surface area contributed by atoms with Gasteiger partial charge in [-0.1, -0.05) is 0 Å². The van der Waals surface area contributed by atoms with Gasteiger partial charge in [-0.3, -0.25) is 4.21 Å². The van der Waals surface area contributed by atoms with Crippen LogP contribution in [0, 0.1) is 0 Å². The maximum absolute atomic E-state index is 11.1. The number of benzene rings is 2. The Hall–Kier alpha value is -0.780. The Morgan fingerprint density at radius 1 is 0.939 bits per heavy atom. The number of halogens is 5. The van der Waals surface area contributed by atoms with E-state index in [1.54, 1.807) is 0 Å². The van der Waals surface area contributed by atoms with Crippen LogP contribution in [0.25, 0.3) is 0 Å². The quantitative estimate of drug-likeness (QED) is 0.274. The Morgan fingerprint density at radius 3 is 1.58 bits per heavy atom. The third kappa shape index (κ3) is 12.0. The van der Waals surface area contributed by atoms with Gasteiger partial charge >= 0.3 is 11.9 Å². The number of hydrogen-bond donors (Lipinski definition) is 1. The van der Waals surface area contributed by atoms with Crippen LogP contribution < -0.4 is 0 Å². The predicted molar refractivity (Wildman–Crippen MR) is 127 cm³/mol. The molecule has 0 radical (unpaired) electrons. The lowest BCUT2D eigenvalue weighted by atomic mass is 10.2. The molecule has 2 aromatic carbocycles. The molecule has 1 atom stereocenters. The van der Waals surface area contributed by atoms with Gasteiger partial charge in [-0.05, 0) is 78.9 Å². The van der Waals surface area contributed by atoms with Crippen molar-refractivity contribution in [3.63, 3.8) is 0 Å². The summed E-state index contributed by atoms with van der Waals surface area (Å²) in [6.45, 7) is 0. The first kappa shape index (κ1) is 32.2. The second-order valence-electron chi connectivity index (χ2n) is 5.16. The van der Waals surface area contributed by atoms with Gasteiger partial charge in [0.1, 0.15) is 0 Å². The first-order valence-electron chi connectivity index (χ1n) is 7.47. The molecule has 0 aliphatic carbocycles. The maximum atomic E-state index is 11.1. The van der Waals surface area contributed by atoms with Gasteiger partial charge in [0.25, 0.3) is 18.1 Å². The number of carbonyl (C=O) groups is 2. The number of rotatable bonds is 4. The predicted octanol–water partition coefficient (Wildman–Crippen LogP) is 4.26. The zero-order valence-corrected chi connectivity index (χ0v) is 23.6. The lowest BCUT2D eigenvalue weighted by molar-refractivity contribution is 0.0599. The van der Waals surface area contributed by atoms with Crippen molar-refractivity contribution in [2.24, 2.45) is 0 Å². The minimum absolute atomic E-state index is 0.125. The molecule has 0 aromatic heterocycles. The number of methoxy groups -OCH3 is 1. The van der Waals surface area contributed by atoms with Crippen LogP contribution in [-0.2, 0) is 33.1 Å². The minimum atomic E-state index is -3.93. The summed E-state index contributed by atoms with van der Waals surface area (Å²) in [5.74, 6) is -1.83. The zero-order valence-electron chi connectivity index (χ0n) is 15.7. The van der Waals surface area contributed by atoms with Crippen molar-refractivity contribution < 1.29 is 45.0 Å². The van der Waals surface area contributed by atoms with Crippen LogP contribution in [0.4, 0.5) is 0 Å². The third-order valence-electron chi connectivity index (χ3n) is 3.06. The van der Waals surface area contributed by atoms with Gasteiger partial charge in [0.05, 0.1) is 28.0 Å². The Labute approximate surface area is 221 Å². The van der Waals surface area contributed by atoms with Gasteiger partial charge in [0.15, 0.2) is 0 Å². The van der Waals surface area contributed by atoms with E-state index in [1.807, 2.05) is 0 Å². The van der Waals surface area contributed by atoms with Gasteiger partial charge in [-0.2, -0.15) is 0 Å². The first-order valence-corrected chi connectivity index (χ1v) is 15.6. The largest absolute Gasteiger partial charge is 0.760 e. The molecule has 1 N–H and O–H groups in total. The van der Waals surface area contributed by atoms with E-state index in [0.29, 0.717) is 4.47 Å². The maximum Gasteiger partial charge on any atom is 0.337 e. The molecule has 33 heavy (non-hydrogen) atoms. The van der Waals surface area contributed by atoms with Gasteiger partial charge in [-0.15, -0.1) is 0 Å². The highest BCUT2D eigenvalue weighted by Crippen LogP contribution is 2.27. The number of carboxylic acid groups (broad SMARTS) is 1. The molecule has 0 saturated carbocycles. The fourth-order valence-corrected chi connectivity index (χ4v) is 5.99. The lowest BCUT2D eigenvalue weighted by Gasteiger charge is -2.03. The Bertz CT molecular complexity index is 1260. The molecule has 0 amide bonds. The molecule has 1 unspecified atom stereocenters. The van der Waals surface area contributed by atoms with E-state index in [9.17, 15) is 26.4 Å². The fourth-order valence-electron chi connectivity index (χ4n) is 1.76. The lowest BCUT2D eigenvalue weighted by Crippen LogP contribution is -2.03. The second-order valence-corrected chi connectivity index (χ2v) is 13.1. The Kier molecular flexibility index (Phi) is 13.6. The topological polar surface area (TPSA) is 172 Å². The van der Waals surface area contributed by atoms with Crippen LogP contribution in [0.15, 0.2) is 55.1 Å². The van der Waals surface area contributed by atoms with Crippen LogP contribution in [0.1, 0.15) is 20.7 Å². The van der Waals surface area contributed by atoms with Crippen molar-refractivity contribution >= 4 is 104 Å². The fraction of sp³-hybridized carbons (Fsp3) is 0.0667. The molecule has 2 rings (SSSR count). The number of ether oxygens (including phenoxy) is 1. The molecule has 10 nitrogen and oxygen atoms in total. The van der Waals surface area contributed by atoms with Gasteiger partial charge < -0.3 is 14.4 Å². The third-order valence-corrected chi connectivity index (χ3v) is 7.69. The molecule has 0 saturated heterocycles. The number of esters is 1. The van der Waals surface area contributed by atoms with Crippen molar-refractivity contribution in [1.29, 1.82) is 0 Å². The Balaban J connectivity index is 0.000000536. The highest BCUT2D eigenvalue weighted by Gasteiger charge is 2.18. The molecule has 0 bridgehead atoms. The van der Waals surface area contributed by atoms with E-state index >= 15 is 0 Å². The van der Waals surface area contributed by atoms with Crippen molar-refractivity contribution in [1.82, 2.24) is 0 Å². The number of carbonyl (C=O) groups excluding carboxylic acids is 1. The van der Waals surface area contributed by atoms with Crippen molar-refractivity contribution in [2.45, 2.75) is 9.79 Å². The molecule has 0 fully saturated rings. The van der Waals surface area contributed by atoms with Crippen molar-refractivity contribution in [3.8, 4) is 0 Å². The number of aromatic carboxylic acids is 1. The smallest absolute Gasteiger partial charge is 0.337 e. The van der Waals surface area contributed by atoms with Crippen molar-refractivity contribution in [2.75, 3.05) is 7.11 Å². The van der Waals surface area contributed by atoms with Crippen LogP contribution >= 0.6 is 63.9 Å². The summed E-state index contributed by atoms with van der Waals surface area (Å²) in [4.78, 5) is 21.3. The van der Waals surface area contributed by atoms with Gasteiger partial charge in [0, 0.05) is 40.6 Å². The average Bonchev–Trinajstić information content (AvgIpc) is 2.66. The summed E-state index contributed by atoms with van der Waals surface area (Å²) in [7, 11) is 5.47. The molecule has 0 spiro atoms. The monoisotopic (exact) mass is 709 g/mol. The van der Waals surface area contributed by atoms with Crippen LogP contribution in [-0.4, -0.2) is 49.8 Å². The molecular weight excluding hydrogens is 703 g/mol. The number of hydrogen-bond acceptors (Lipinski definition) is 9. The highest BCUT2D eigenvalue weighted by molar-refractivity contribution is 9.10. The first-order chi connectivity index (χ1) is 14.9. The highest BCUT2D eigenvalue weighted by atomic mass is 79.9. The normalized spacial score (nSPS) is 11.7. The van der Waals surface area contributed by atoms with E-state index in [4.69, 9.17) is 35.2 Å². The molecule has 0 aliphatic rings. The molecule has 0 heterocycles. The summed E-state index contributed by atoms with van der Waals surface area (Å²) in [5, 5.41) is 8.61. The van der Waals surface area contributed by atoms with E-state index in [1.165, 1.54) is 31.4 Å². The summed E-state index contributed by atoms with van der Waals surface area (Å²) in [5.41, 5.74) is -0.00708.